The van der Waals surface area contributed by atoms with Gasteiger partial charge in [0, 0.05) is 31.3 Å². The minimum atomic E-state index is -0.907. The van der Waals surface area contributed by atoms with E-state index in [4.69, 9.17) is 9.47 Å². The molecule has 4 aromatic rings. The summed E-state index contributed by atoms with van der Waals surface area (Å²) in [5, 5.41) is 11.1. The number of carbonyl (C=O) groups excluding carboxylic acids is 2. The van der Waals surface area contributed by atoms with Gasteiger partial charge in [0.25, 0.3) is 0 Å². The van der Waals surface area contributed by atoms with Gasteiger partial charge in [0.1, 0.15) is 0 Å². The summed E-state index contributed by atoms with van der Waals surface area (Å²) in [7, 11) is 3.08. The van der Waals surface area contributed by atoms with Crippen molar-refractivity contribution in [1.82, 2.24) is 20.9 Å². The summed E-state index contributed by atoms with van der Waals surface area (Å²) in [5.41, 5.74) is 3.12. The topological polar surface area (TPSA) is 104 Å². The molecule has 1 aliphatic rings. The van der Waals surface area contributed by atoms with Gasteiger partial charge in [-0.2, -0.15) is 0 Å². The molecule has 8 nitrogen and oxygen atoms in total. The number of carbonyl (C=O) groups is 2. The molecule has 4 N–H and O–H groups in total. The summed E-state index contributed by atoms with van der Waals surface area (Å²) in [4.78, 5) is 31.6. The summed E-state index contributed by atoms with van der Waals surface area (Å²) in [6.45, 7) is 0.196. The molecule has 0 saturated heterocycles. The Morgan fingerprint density at radius 1 is 0.837 bits per heavy atom. The number of amides is 2. The molecule has 2 amide bonds. The third-order valence-corrected chi connectivity index (χ3v) is 8.52. The second-order valence-corrected chi connectivity index (χ2v) is 11.3. The monoisotopic (exact) mass is 582 g/mol. The zero-order valence-corrected chi connectivity index (χ0v) is 25.0. The number of para-hydroxylation sites is 1. The molecule has 1 heterocycles. The van der Waals surface area contributed by atoms with E-state index in [2.05, 4.69) is 27.0 Å². The lowest BCUT2D eigenvalue weighted by molar-refractivity contribution is -0.133. The van der Waals surface area contributed by atoms with Gasteiger partial charge in [0.15, 0.2) is 6.29 Å². The normalized spacial score (nSPS) is 15.4. The fraction of sp³-hybridized carbons (Fsp3) is 0.371. The van der Waals surface area contributed by atoms with Crippen molar-refractivity contribution in [2.45, 2.75) is 62.4 Å². The van der Waals surface area contributed by atoms with Crippen molar-refractivity contribution in [3.05, 3.63) is 108 Å². The van der Waals surface area contributed by atoms with Crippen molar-refractivity contribution in [1.29, 1.82) is 0 Å². The number of aromatic amines is 1. The molecule has 5 rings (SSSR count). The molecule has 1 aliphatic carbocycles. The van der Waals surface area contributed by atoms with Crippen LogP contribution in [0.3, 0.4) is 0 Å². The van der Waals surface area contributed by atoms with Crippen LogP contribution in [0.25, 0.3) is 10.9 Å². The molecule has 8 heteroatoms. The highest BCUT2D eigenvalue weighted by atomic mass is 16.7. The fourth-order valence-electron chi connectivity index (χ4n) is 6.14. The van der Waals surface area contributed by atoms with Crippen LogP contribution in [0, 0.1) is 0 Å². The maximum absolute atomic E-state index is 14.5. The number of methoxy groups -OCH3 is 2. The zero-order chi connectivity index (χ0) is 30.1. The van der Waals surface area contributed by atoms with Gasteiger partial charge in [0.2, 0.25) is 11.8 Å². The Labute approximate surface area is 253 Å². The summed E-state index contributed by atoms with van der Waals surface area (Å²) >= 11 is 0. The predicted octanol–water partition coefficient (Wildman–Crippen LogP) is 5.01. The van der Waals surface area contributed by atoms with E-state index >= 15 is 0 Å². The first-order chi connectivity index (χ1) is 21.0. The Bertz CT molecular complexity index is 1420. The molecule has 1 aromatic heterocycles. The number of nitrogens with one attached hydrogen (secondary N) is 4. The van der Waals surface area contributed by atoms with Crippen molar-refractivity contribution in [2.24, 2.45) is 0 Å². The van der Waals surface area contributed by atoms with Crippen LogP contribution in [0.1, 0.15) is 54.8 Å². The Morgan fingerprint density at radius 3 is 2.07 bits per heavy atom. The maximum Gasteiger partial charge on any atom is 0.241 e. The molecule has 0 unspecified atom stereocenters. The van der Waals surface area contributed by atoms with Crippen LogP contribution in [0.4, 0.5) is 0 Å². The van der Waals surface area contributed by atoms with E-state index in [9.17, 15) is 9.59 Å². The van der Waals surface area contributed by atoms with E-state index < -0.39 is 17.9 Å². The van der Waals surface area contributed by atoms with Gasteiger partial charge in [-0.05, 0) is 42.0 Å². The largest absolute Gasteiger partial charge is 0.361 e. The SMILES string of the molecule is COC(CNC(=O)[C@H](Cc1c[nH]c2ccccc12)NC1(C(=O)NC(c2ccccc2)c2ccccc2)CCCCC1)OC. The standard InChI is InChI=1S/C35H42N4O4/c1-42-31(43-2)24-37-33(40)30(22-27-23-36-29-19-11-10-18-28(27)29)39-35(20-12-5-13-21-35)34(41)38-32(25-14-6-3-7-15-25)26-16-8-4-9-17-26/h3-4,6-11,14-19,23,30-32,36,39H,5,12-13,20-22,24H2,1-2H3,(H,37,40)(H,38,41)/t30-/m0/s1. The van der Waals surface area contributed by atoms with Gasteiger partial charge in [-0.25, -0.2) is 0 Å². The van der Waals surface area contributed by atoms with Crippen LogP contribution in [0.15, 0.2) is 91.1 Å². The molecular formula is C35H42N4O4. The van der Waals surface area contributed by atoms with E-state index in [-0.39, 0.29) is 24.4 Å². The fourth-order valence-corrected chi connectivity index (χ4v) is 6.14. The van der Waals surface area contributed by atoms with Gasteiger partial charge in [-0.3, -0.25) is 14.9 Å². The molecular weight excluding hydrogens is 540 g/mol. The molecule has 0 aliphatic heterocycles. The van der Waals surface area contributed by atoms with Crippen LogP contribution in [-0.2, 0) is 25.5 Å². The van der Waals surface area contributed by atoms with Crippen LogP contribution < -0.4 is 16.0 Å². The van der Waals surface area contributed by atoms with Crippen molar-refractivity contribution in [3.8, 4) is 0 Å². The number of fused-ring (bicyclic) bond motifs is 1. The van der Waals surface area contributed by atoms with Crippen LogP contribution in [0.2, 0.25) is 0 Å². The number of H-pyrrole nitrogens is 1. The van der Waals surface area contributed by atoms with Gasteiger partial charge in [0.05, 0.1) is 24.2 Å². The maximum atomic E-state index is 14.5. The lowest BCUT2D eigenvalue weighted by Crippen LogP contribution is -2.64. The highest BCUT2D eigenvalue weighted by Gasteiger charge is 2.43. The second kappa shape index (κ2) is 14.5. The van der Waals surface area contributed by atoms with Crippen molar-refractivity contribution in [3.63, 3.8) is 0 Å². The molecule has 3 aromatic carbocycles. The van der Waals surface area contributed by atoms with Gasteiger partial charge in [-0.1, -0.05) is 98.1 Å². The predicted molar refractivity (Wildman–Crippen MR) is 168 cm³/mol. The molecule has 0 spiro atoms. The zero-order valence-electron chi connectivity index (χ0n) is 25.0. The first-order valence-electron chi connectivity index (χ1n) is 15.1. The van der Waals surface area contributed by atoms with Crippen LogP contribution >= 0.6 is 0 Å². The Balaban J connectivity index is 1.45. The number of rotatable bonds is 13. The molecule has 1 fully saturated rings. The van der Waals surface area contributed by atoms with E-state index in [1.807, 2.05) is 85.1 Å². The van der Waals surface area contributed by atoms with Crippen molar-refractivity contribution >= 4 is 22.7 Å². The third-order valence-electron chi connectivity index (χ3n) is 8.52. The average Bonchev–Trinajstić information content (AvgIpc) is 3.47. The Kier molecular flexibility index (Phi) is 10.3. The van der Waals surface area contributed by atoms with Gasteiger partial charge < -0.3 is 25.1 Å². The van der Waals surface area contributed by atoms with E-state index in [1.165, 1.54) is 0 Å². The first kappa shape index (κ1) is 30.5. The molecule has 1 atom stereocenters. The molecule has 43 heavy (non-hydrogen) atoms. The average molecular weight is 583 g/mol. The first-order valence-corrected chi connectivity index (χ1v) is 15.1. The second-order valence-electron chi connectivity index (χ2n) is 11.3. The lowest BCUT2D eigenvalue weighted by Gasteiger charge is -2.40. The van der Waals surface area contributed by atoms with E-state index in [0.29, 0.717) is 19.3 Å². The molecule has 0 radical (unpaired) electrons. The lowest BCUT2D eigenvalue weighted by atomic mass is 9.79. The number of benzene rings is 3. The number of ether oxygens (including phenoxy) is 2. The highest BCUT2D eigenvalue weighted by Crippen LogP contribution is 2.32. The summed E-state index contributed by atoms with van der Waals surface area (Å²) < 4.78 is 10.6. The van der Waals surface area contributed by atoms with Crippen molar-refractivity contribution < 1.29 is 19.1 Å². The van der Waals surface area contributed by atoms with Gasteiger partial charge in [-0.15, -0.1) is 0 Å². The summed E-state index contributed by atoms with van der Waals surface area (Å²) in [6.07, 6.45) is 5.95. The number of aromatic nitrogens is 1. The van der Waals surface area contributed by atoms with Gasteiger partial charge >= 0.3 is 0 Å². The Morgan fingerprint density at radius 2 is 1.44 bits per heavy atom. The summed E-state index contributed by atoms with van der Waals surface area (Å²) in [5.74, 6) is -0.293. The summed E-state index contributed by atoms with van der Waals surface area (Å²) in [6, 6.07) is 27.1. The van der Waals surface area contributed by atoms with Crippen LogP contribution in [-0.4, -0.2) is 55.4 Å². The smallest absolute Gasteiger partial charge is 0.241 e. The molecule has 1 saturated carbocycles. The number of hydrogen-bond acceptors (Lipinski definition) is 5. The van der Waals surface area contributed by atoms with Crippen molar-refractivity contribution in [2.75, 3.05) is 20.8 Å². The highest BCUT2D eigenvalue weighted by molar-refractivity contribution is 5.90. The molecule has 226 valence electrons. The minimum absolute atomic E-state index is 0.0895. The Hall–Kier alpha value is -3.98. The number of hydrogen-bond donors (Lipinski definition) is 4. The molecule has 0 bridgehead atoms. The van der Waals surface area contributed by atoms with E-state index in [1.54, 1.807) is 14.2 Å². The van der Waals surface area contributed by atoms with E-state index in [0.717, 1.165) is 46.9 Å². The third kappa shape index (κ3) is 7.33. The minimum Gasteiger partial charge on any atom is -0.361 e. The quantitative estimate of drug-likeness (QED) is 0.166. The van der Waals surface area contributed by atoms with Crippen LogP contribution in [0.5, 0.6) is 0 Å².